The lowest BCUT2D eigenvalue weighted by Gasteiger charge is -2.11. The molecule has 0 aliphatic carbocycles. The molecule has 0 saturated heterocycles. The number of carbonyl (C=O) groups excluding carboxylic acids is 1. The third-order valence-electron chi connectivity index (χ3n) is 2.50. The Hall–Kier alpha value is -1.43. The molecule has 2 aromatic carbocycles. The van der Waals surface area contributed by atoms with Gasteiger partial charge >= 0.3 is 0 Å². The average molecular weight is 390 g/mol. The standard InChI is InChI=1S/C14H11BrCl2N2O2/c15-8-4-11(16)14(12(17)5-8)19-13(20)7-21-10-3-1-2-9(18)6-10/h1-6H,7,18H2,(H,19,20). The van der Waals surface area contributed by atoms with Crippen molar-refractivity contribution >= 4 is 56.4 Å². The van der Waals surface area contributed by atoms with Crippen molar-refractivity contribution in [2.75, 3.05) is 17.7 Å². The summed E-state index contributed by atoms with van der Waals surface area (Å²) in [5.74, 6) is 0.140. The summed E-state index contributed by atoms with van der Waals surface area (Å²) in [5.41, 5.74) is 6.53. The van der Waals surface area contributed by atoms with Crippen LogP contribution in [0.15, 0.2) is 40.9 Å². The molecule has 0 heterocycles. The molecule has 3 N–H and O–H groups in total. The lowest BCUT2D eigenvalue weighted by molar-refractivity contribution is -0.118. The third kappa shape index (κ3) is 4.52. The lowest BCUT2D eigenvalue weighted by Crippen LogP contribution is -2.20. The zero-order valence-corrected chi connectivity index (χ0v) is 13.8. The van der Waals surface area contributed by atoms with E-state index in [0.29, 0.717) is 27.2 Å². The van der Waals surface area contributed by atoms with Gasteiger partial charge in [0.1, 0.15) is 5.75 Å². The van der Waals surface area contributed by atoms with E-state index < -0.39 is 0 Å². The Bertz CT molecular complexity index is 657. The molecule has 0 aromatic heterocycles. The molecule has 110 valence electrons. The van der Waals surface area contributed by atoms with E-state index in [1.807, 2.05) is 0 Å². The molecular formula is C14H11BrCl2N2O2. The number of hydrogen-bond donors (Lipinski definition) is 2. The first-order chi connectivity index (χ1) is 9.95. The minimum absolute atomic E-state index is 0.174. The Labute approximate surface area is 140 Å². The van der Waals surface area contributed by atoms with E-state index in [1.54, 1.807) is 36.4 Å². The topological polar surface area (TPSA) is 64.3 Å². The Kier molecular flexibility index (Phi) is 5.33. The summed E-state index contributed by atoms with van der Waals surface area (Å²) < 4.78 is 6.07. The molecule has 2 aromatic rings. The highest BCUT2D eigenvalue weighted by molar-refractivity contribution is 9.10. The van der Waals surface area contributed by atoms with E-state index in [4.69, 9.17) is 33.7 Å². The molecule has 2 rings (SSSR count). The van der Waals surface area contributed by atoms with Crippen LogP contribution in [-0.2, 0) is 4.79 Å². The van der Waals surface area contributed by atoms with Crippen molar-refractivity contribution < 1.29 is 9.53 Å². The summed E-state index contributed by atoms with van der Waals surface area (Å²) in [6, 6.07) is 10.1. The van der Waals surface area contributed by atoms with Gasteiger partial charge in [0.05, 0.1) is 15.7 Å². The molecule has 0 bridgehead atoms. The Morgan fingerprint density at radius 1 is 1.24 bits per heavy atom. The predicted octanol–water partition coefficient (Wildman–Crippen LogP) is 4.36. The van der Waals surface area contributed by atoms with Crippen molar-refractivity contribution in [2.45, 2.75) is 0 Å². The van der Waals surface area contributed by atoms with Gasteiger partial charge in [-0.3, -0.25) is 4.79 Å². The van der Waals surface area contributed by atoms with E-state index in [1.165, 1.54) is 0 Å². The smallest absolute Gasteiger partial charge is 0.262 e. The summed E-state index contributed by atoms with van der Waals surface area (Å²) in [4.78, 5) is 11.9. The molecule has 0 atom stereocenters. The van der Waals surface area contributed by atoms with Gasteiger partial charge in [0.2, 0.25) is 0 Å². The van der Waals surface area contributed by atoms with Gasteiger partial charge in [-0.05, 0) is 24.3 Å². The number of carbonyl (C=O) groups is 1. The van der Waals surface area contributed by atoms with E-state index in [9.17, 15) is 4.79 Å². The summed E-state index contributed by atoms with van der Waals surface area (Å²) in [6.07, 6.45) is 0. The van der Waals surface area contributed by atoms with Crippen LogP contribution < -0.4 is 15.8 Å². The van der Waals surface area contributed by atoms with Gasteiger partial charge in [0.25, 0.3) is 5.91 Å². The number of rotatable bonds is 4. The van der Waals surface area contributed by atoms with Crippen molar-refractivity contribution in [1.82, 2.24) is 0 Å². The first-order valence-corrected chi connectivity index (χ1v) is 7.43. The van der Waals surface area contributed by atoms with Crippen LogP contribution in [0.25, 0.3) is 0 Å². The lowest BCUT2D eigenvalue weighted by atomic mass is 10.3. The maximum Gasteiger partial charge on any atom is 0.262 e. The molecule has 0 aliphatic rings. The van der Waals surface area contributed by atoms with Crippen LogP contribution in [-0.4, -0.2) is 12.5 Å². The number of nitrogens with one attached hydrogen (secondary N) is 1. The number of nitrogens with two attached hydrogens (primary N) is 1. The largest absolute Gasteiger partial charge is 0.484 e. The van der Waals surface area contributed by atoms with Crippen LogP contribution in [0.5, 0.6) is 5.75 Å². The fraction of sp³-hybridized carbons (Fsp3) is 0.0714. The van der Waals surface area contributed by atoms with E-state index >= 15 is 0 Å². The molecule has 0 spiro atoms. The second-order valence-electron chi connectivity index (χ2n) is 4.15. The first-order valence-electron chi connectivity index (χ1n) is 5.88. The van der Waals surface area contributed by atoms with Gasteiger partial charge in [-0.2, -0.15) is 0 Å². The number of anilines is 2. The average Bonchev–Trinajstić information content (AvgIpc) is 2.40. The summed E-state index contributed by atoms with van der Waals surface area (Å²) in [7, 11) is 0. The highest BCUT2D eigenvalue weighted by Gasteiger charge is 2.11. The van der Waals surface area contributed by atoms with Crippen LogP contribution in [0.1, 0.15) is 0 Å². The van der Waals surface area contributed by atoms with Gasteiger partial charge in [-0.25, -0.2) is 0 Å². The van der Waals surface area contributed by atoms with Gasteiger partial charge in [-0.1, -0.05) is 45.2 Å². The molecule has 0 aliphatic heterocycles. The molecule has 4 nitrogen and oxygen atoms in total. The van der Waals surface area contributed by atoms with E-state index in [0.717, 1.165) is 4.47 Å². The molecule has 1 amide bonds. The van der Waals surface area contributed by atoms with Crippen LogP contribution >= 0.6 is 39.1 Å². The molecule has 21 heavy (non-hydrogen) atoms. The van der Waals surface area contributed by atoms with Crippen LogP contribution in [0, 0.1) is 0 Å². The Morgan fingerprint density at radius 2 is 1.90 bits per heavy atom. The highest BCUT2D eigenvalue weighted by atomic mass is 79.9. The number of hydrogen-bond acceptors (Lipinski definition) is 3. The van der Waals surface area contributed by atoms with Crippen molar-refractivity contribution in [1.29, 1.82) is 0 Å². The van der Waals surface area contributed by atoms with Gasteiger partial charge in [-0.15, -0.1) is 0 Å². The summed E-state index contributed by atoms with van der Waals surface area (Å²) in [5, 5.41) is 3.29. The highest BCUT2D eigenvalue weighted by Crippen LogP contribution is 2.33. The second-order valence-corrected chi connectivity index (χ2v) is 5.88. The summed E-state index contributed by atoms with van der Waals surface area (Å²) >= 11 is 15.3. The predicted molar refractivity (Wildman–Crippen MR) is 89.1 cm³/mol. The van der Waals surface area contributed by atoms with Crippen LogP contribution in [0.3, 0.4) is 0 Å². The van der Waals surface area contributed by atoms with Crippen LogP contribution in [0.4, 0.5) is 11.4 Å². The molecule has 0 fully saturated rings. The van der Waals surface area contributed by atoms with Crippen molar-refractivity contribution in [3.63, 3.8) is 0 Å². The van der Waals surface area contributed by atoms with Crippen molar-refractivity contribution in [2.24, 2.45) is 0 Å². The van der Waals surface area contributed by atoms with Crippen molar-refractivity contribution in [3.8, 4) is 5.75 Å². The van der Waals surface area contributed by atoms with Crippen LogP contribution in [0.2, 0.25) is 10.0 Å². The third-order valence-corrected chi connectivity index (χ3v) is 3.55. The maximum absolute atomic E-state index is 11.9. The minimum atomic E-state index is -0.372. The fourth-order valence-electron chi connectivity index (χ4n) is 1.59. The number of nitrogen functional groups attached to an aromatic ring is 1. The second kappa shape index (κ2) is 7.02. The summed E-state index contributed by atoms with van der Waals surface area (Å²) in [6.45, 7) is -0.174. The minimum Gasteiger partial charge on any atom is -0.484 e. The molecule has 0 radical (unpaired) electrons. The molecule has 0 unspecified atom stereocenters. The Balaban J connectivity index is 1.99. The monoisotopic (exact) mass is 388 g/mol. The molecular weight excluding hydrogens is 379 g/mol. The van der Waals surface area contributed by atoms with Gasteiger partial charge < -0.3 is 15.8 Å². The normalized spacial score (nSPS) is 10.2. The molecule has 0 saturated carbocycles. The SMILES string of the molecule is Nc1cccc(OCC(=O)Nc2c(Cl)cc(Br)cc2Cl)c1. The Morgan fingerprint density at radius 3 is 2.52 bits per heavy atom. The maximum atomic E-state index is 11.9. The number of halogens is 3. The zero-order valence-electron chi connectivity index (χ0n) is 10.7. The first kappa shape index (κ1) is 15.9. The number of ether oxygens (including phenoxy) is 1. The van der Waals surface area contributed by atoms with Gasteiger partial charge in [0.15, 0.2) is 6.61 Å². The number of benzene rings is 2. The van der Waals surface area contributed by atoms with E-state index in [2.05, 4.69) is 21.2 Å². The van der Waals surface area contributed by atoms with Crippen molar-refractivity contribution in [3.05, 3.63) is 50.9 Å². The fourth-order valence-corrected chi connectivity index (χ4v) is 2.89. The zero-order chi connectivity index (χ0) is 15.4. The van der Waals surface area contributed by atoms with Gasteiger partial charge in [0, 0.05) is 16.2 Å². The number of amides is 1. The quantitative estimate of drug-likeness (QED) is 0.763. The molecule has 7 heteroatoms. The van der Waals surface area contributed by atoms with E-state index in [-0.39, 0.29) is 12.5 Å².